The smallest absolute Gasteiger partial charge is 0.122 e. The number of hydrogen-bond acceptors (Lipinski definition) is 2. The van der Waals surface area contributed by atoms with Crippen LogP contribution >= 0.6 is 0 Å². The molecule has 4 aromatic carbocycles. The molecule has 6 rings (SSSR count). The molecule has 2 aliphatic rings. The fourth-order valence-corrected chi connectivity index (χ4v) is 4.79. The Hall–Kier alpha value is -3.52. The molecule has 0 bridgehead atoms. The number of rotatable bonds is 3. The van der Waals surface area contributed by atoms with Crippen molar-refractivity contribution >= 4 is 0 Å². The van der Waals surface area contributed by atoms with Gasteiger partial charge in [0, 0.05) is 0 Å². The zero-order chi connectivity index (χ0) is 21.3. The van der Waals surface area contributed by atoms with Crippen LogP contribution in [-0.2, 0) is 12.8 Å². The van der Waals surface area contributed by atoms with Gasteiger partial charge in [-0.25, -0.2) is 0 Å². The summed E-state index contributed by atoms with van der Waals surface area (Å²) < 4.78 is 11.5. The third-order valence-corrected chi connectivity index (χ3v) is 6.59. The van der Waals surface area contributed by atoms with Crippen molar-refractivity contribution in [3.05, 3.63) is 96.1 Å². The molecule has 0 atom stereocenters. The molecular formula is C30H26O2. The number of hydrogen-bond donors (Lipinski definition) is 0. The van der Waals surface area contributed by atoms with Gasteiger partial charge in [0.15, 0.2) is 0 Å². The van der Waals surface area contributed by atoms with Crippen LogP contribution < -0.4 is 9.47 Å². The second kappa shape index (κ2) is 8.20. The Bertz CT molecular complexity index is 1150. The van der Waals surface area contributed by atoms with Gasteiger partial charge >= 0.3 is 0 Å². The van der Waals surface area contributed by atoms with Gasteiger partial charge in [0.05, 0.1) is 13.2 Å². The molecule has 2 heterocycles. The minimum atomic E-state index is 0.834. The van der Waals surface area contributed by atoms with E-state index in [0.29, 0.717) is 0 Å². The summed E-state index contributed by atoms with van der Waals surface area (Å²) in [6, 6.07) is 30.9. The van der Waals surface area contributed by atoms with Crippen molar-refractivity contribution in [1.29, 1.82) is 0 Å². The molecule has 0 N–H and O–H groups in total. The lowest BCUT2D eigenvalue weighted by Gasteiger charge is -2.18. The van der Waals surface area contributed by atoms with Gasteiger partial charge in [-0.05, 0) is 94.5 Å². The van der Waals surface area contributed by atoms with Crippen LogP contribution in [0.4, 0.5) is 0 Å². The topological polar surface area (TPSA) is 18.5 Å². The van der Waals surface area contributed by atoms with Crippen LogP contribution in [0, 0.1) is 0 Å². The molecule has 2 aliphatic heterocycles. The molecule has 2 nitrogen and oxygen atoms in total. The first kappa shape index (κ1) is 19.2. The van der Waals surface area contributed by atoms with Gasteiger partial charge in [0.1, 0.15) is 11.5 Å². The number of benzene rings is 4. The molecule has 0 radical (unpaired) electrons. The van der Waals surface area contributed by atoms with Crippen LogP contribution in [0.1, 0.15) is 24.0 Å². The summed E-state index contributed by atoms with van der Waals surface area (Å²) in [4.78, 5) is 0. The second-order valence-corrected chi connectivity index (χ2v) is 8.70. The van der Waals surface area contributed by atoms with Crippen LogP contribution in [0.3, 0.4) is 0 Å². The molecule has 0 aromatic heterocycles. The fourth-order valence-electron chi connectivity index (χ4n) is 4.79. The van der Waals surface area contributed by atoms with Gasteiger partial charge in [-0.2, -0.15) is 0 Å². The first-order valence-corrected chi connectivity index (χ1v) is 11.6. The van der Waals surface area contributed by atoms with E-state index in [-0.39, 0.29) is 0 Å². The van der Waals surface area contributed by atoms with E-state index in [1.807, 2.05) is 0 Å². The zero-order valence-corrected chi connectivity index (χ0v) is 18.1. The summed E-state index contributed by atoms with van der Waals surface area (Å²) in [5.74, 6) is 2.09. The highest BCUT2D eigenvalue weighted by molar-refractivity contribution is 5.74. The van der Waals surface area contributed by atoms with E-state index in [4.69, 9.17) is 9.47 Å². The van der Waals surface area contributed by atoms with E-state index < -0.39 is 0 Å². The predicted molar refractivity (Wildman–Crippen MR) is 130 cm³/mol. The van der Waals surface area contributed by atoms with Crippen LogP contribution in [0.2, 0.25) is 0 Å². The normalized spacial score (nSPS) is 14.6. The Morgan fingerprint density at radius 3 is 1.16 bits per heavy atom. The molecule has 0 fully saturated rings. The van der Waals surface area contributed by atoms with Crippen LogP contribution in [0.15, 0.2) is 84.9 Å². The lowest BCUT2D eigenvalue weighted by molar-refractivity contribution is 0.288. The summed E-state index contributed by atoms with van der Waals surface area (Å²) in [7, 11) is 0. The van der Waals surface area contributed by atoms with E-state index in [0.717, 1.165) is 50.4 Å². The average molecular weight is 419 g/mol. The molecule has 0 saturated heterocycles. The first-order valence-electron chi connectivity index (χ1n) is 11.6. The molecule has 0 saturated carbocycles. The fraction of sp³-hybridized carbons (Fsp3) is 0.200. The third-order valence-electron chi connectivity index (χ3n) is 6.59. The van der Waals surface area contributed by atoms with Crippen LogP contribution in [-0.4, -0.2) is 13.2 Å². The van der Waals surface area contributed by atoms with E-state index in [2.05, 4.69) is 84.9 Å². The summed E-state index contributed by atoms with van der Waals surface area (Å²) in [6.45, 7) is 1.67. The molecule has 2 heteroatoms. The zero-order valence-electron chi connectivity index (χ0n) is 18.1. The third kappa shape index (κ3) is 3.67. The minimum Gasteiger partial charge on any atom is -0.493 e. The quantitative estimate of drug-likeness (QED) is 0.346. The first-order chi connectivity index (χ1) is 15.8. The monoisotopic (exact) mass is 418 g/mol. The number of ether oxygens (including phenoxy) is 2. The number of fused-ring (bicyclic) bond motifs is 2. The molecule has 4 aromatic rings. The van der Waals surface area contributed by atoms with Crippen molar-refractivity contribution < 1.29 is 9.47 Å². The average Bonchev–Trinajstić information content (AvgIpc) is 2.88. The lowest BCUT2D eigenvalue weighted by Crippen LogP contribution is -2.07. The highest BCUT2D eigenvalue weighted by Crippen LogP contribution is 2.33. The highest BCUT2D eigenvalue weighted by atomic mass is 16.5. The van der Waals surface area contributed by atoms with Crippen molar-refractivity contribution in [3.8, 4) is 44.9 Å². The van der Waals surface area contributed by atoms with E-state index in [9.17, 15) is 0 Å². The number of aryl methyl sites for hydroxylation is 2. The van der Waals surface area contributed by atoms with Crippen molar-refractivity contribution in [2.24, 2.45) is 0 Å². The standard InChI is InChI=1S/C30H26O2/c1-3-27-19-25(13-15-29(27)31-17-1)23-9-5-21(6-10-23)22-7-11-24(12-8-22)26-14-16-30-28(20-26)4-2-18-32-30/h5-16,19-20H,1-4,17-18H2. The molecular weight excluding hydrogens is 392 g/mol. The Kier molecular flexibility index (Phi) is 4.92. The lowest BCUT2D eigenvalue weighted by atomic mass is 9.95. The van der Waals surface area contributed by atoms with Crippen molar-refractivity contribution in [3.63, 3.8) is 0 Å². The molecule has 158 valence electrons. The van der Waals surface area contributed by atoms with Gasteiger partial charge in [0.2, 0.25) is 0 Å². The van der Waals surface area contributed by atoms with E-state index in [1.54, 1.807) is 0 Å². The Morgan fingerprint density at radius 2 is 0.750 bits per heavy atom. The predicted octanol–water partition coefficient (Wildman–Crippen LogP) is 7.34. The Morgan fingerprint density at radius 1 is 0.406 bits per heavy atom. The summed E-state index contributed by atoms with van der Waals surface area (Å²) >= 11 is 0. The largest absolute Gasteiger partial charge is 0.493 e. The Balaban J connectivity index is 1.23. The summed E-state index contributed by atoms with van der Waals surface area (Å²) in [5.41, 5.74) is 10.1. The van der Waals surface area contributed by atoms with Gasteiger partial charge in [-0.15, -0.1) is 0 Å². The maximum atomic E-state index is 5.75. The van der Waals surface area contributed by atoms with Crippen LogP contribution in [0.25, 0.3) is 33.4 Å². The highest BCUT2D eigenvalue weighted by Gasteiger charge is 2.12. The minimum absolute atomic E-state index is 0.834. The SMILES string of the molecule is c1cc(-c2ccc3c(c2)CCCO3)ccc1-c1ccc(-c2ccc3c(c2)CCCO3)cc1. The van der Waals surface area contributed by atoms with Gasteiger partial charge in [-0.1, -0.05) is 60.7 Å². The van der Waals surface area contributed by atoms with Crippen molar-refractivity contribution in [1.82, 2.24) is 0 Å². The molecule has 32 heavy (non-hydrogen) atoms. The summed E-state index contributed by atoms with van der Waals surface area (Å²) in [5, 5.41) is 0. The van der Waals surface area contributed by atoms with E-state index in [1.165, 1.54) is 44.5 Å². The molecule has 0 aliphatic carbocycles. The van der Waals surface area contributed by atoms with Gasteiger partial charge < -0.3 is 9.47 Å². The van der Waals surface area contributed by atoms with Crippen molar-refractivity contribution in [2.75, 3.05) is 13.2 Å². The van der Waals surface area contributed by atoms with E-state index >= 15 is 0 Å². The molecule has 0 amide bonds. The van der Waals surface area contributed by atoms with Crippen LogP contribution in [0.5, 0.6) is 11.5 Å². The Labute approximate surface area is 189 Å². The molecule has 0 unspecified atom stereocenters. The molecule has 0 spiro atoms. The van der Waals surface area contributed by atoms with Gasteiger partial charge in [-0.3, -0.25) is 0 Å². The maximum Gasteiger partial charge on any atom is 0.122 e. The maximum absolute atomic E-state index is 5.75. The van der Waals surface area contributed by atoms with Gasteiger partial charge in [0.25, 0.3) is 0 Å². The van der Waals surface area contributed by atoms with Crippen molar-refractivity contribution in [2.45, 2.75) is 25.7 Å². The second-order valence-electron chi connectivity index (χ2n) is 8.70. The summed E-state index contributed by atoms with van der Waals surface area (Å²) in [6.07, 6.45) is 4.41.